The first kappa shape index (κ1) is 19.5. The summed E-state index contributed by atoms with van der Waals surface area (Å²) in [6, 6.07) is 8.37. The van der Waals surface area contributed by atoms with Crippen LogP contribution in [0.3, 0.4) is 0 Å². The minimum atomic E-state index is -3.72. The van der Waals surface area contributed by atoms with E-state index >= 15 is 0 Å². The number of nitrogens with one attached hydrogen (secondary N) is 2. The van der Waals surface area contributed by atoms with Crippen molar-refractivity contribution in [3.63, 3.8) is 0 Å². The molecule has 0 aliphatic carbocycles. The lowest BCUT2D eigenvalue weighted by Gasteiger charge is -2.08. The van der Waals surface area contributed by atoms with Crippen molar-refractivity contribution < 1.29 is 26.8 Å². The number of carbonyl (C=O) groups is 2. The summed E-state index contributed by atoms with van der Waals surface area (Å²) in [6.07, 6.45) is -0.352. The summed E-state index contributed by atoms with van der Waals surface area (Å²) >= 11 is 0. The number of amides is 2. The highest BCUT2D eigenvalue weighted by atomic mass is 32.2. The molecule has 0 bridgehead atoms. The Morgan fingerprint density at radius 3 is 2.12 bits per heavy atom. The molecule has 9 heteroatoms. The Labute approximate surface area is 149 Å². The minimum absolute atomic E-state index is 0.00669. The fourth-order valence-corrected chi connectivity index (χ4v) is 3.33. The van der Waals surface area contributed by atoms with E-state index in [0.717, 1.165) is 12.1 Å². The van der Waals surface area contributed by atoms with E-state index in [0.29, 0.717) is 5.69 Å². The van der Waals surface area contributed by atoms with Gasteiger partial charge in [0.15, 0.2) is 21.5 Å². The van der Waals surface area contributed by atoms with E-state index in [1.807, 2.05) is 0 Å². The van der Waals surface area contributed by atoms with Crippen LogP contribution in [0.5, 0.6) is 0 Å². The van der Waals surface area contributed by atoms with Gasteiger partial charge in [0.25, 0.3) is 0 Å². The maximum Gasteiger partial charge on any atom is 0.225 e. The number of anilines is 2. The minimum Gasteiger partial charge on any atom is -0.326 e. The lowest BCUT2D eigenvalue weighted by molar-refractivity contribution is -0.116. The normalized spacial score (nSPS) is 11.0. The molecule has 0 aliphatic rings. The number of rotatable bonds is 6. The highest BCUT2D eigenvalue weighted by Crippen LogP contribution is 2.17. The van der Waals surface area contributed by atoms with Gasteiger partial charge >= 0.3 is 0 Å². The zero-order chi connectivity index (χ0) is 19.3. The quantitative estimate of drug-likeness (QED) is 0.804. The highest BCUT2D eigenvalue weighted by molar-refractivity contribution is 7.91. The number of sulfone groups is 1. The Balaban J connectivity index is 1.97. The van der Waals surface area contributed by atoms with E-state index in [1.165, 1.54) is 37.3 Å². The zero-order valence-corrected chi connectivity index (χ0v) is 14.6. The number of hydrogen-bond donors (Lipinski definition) is 2. The molecule has 0 aromatic heterocycles. The molecule has 2 amide bonds. The Morgan fingerprint density at radius 1 is 0.923 bits per heavy atom. The van der Waals surface area contributed by atoms with Gasteiger partial charge in [-0.3, -0.25) is 9.59 Å². The Morgan fingerprint density at radius 2 is 1.54 bits per heavy atom. The average molecular weight is 382 g/mol. The molecule has 138 valence electrons. The van der Waals surface area contributed by atoms with Crippen molar-refractivity contribution in [2.75, 3.05) is 16.4 Å². The summed E-state index contributed by atoms with van der Waals surface area (Å²) in [5, 5.41) is 4.82. The first-order valence-electron chi connectivity index (χ1n) is 7.53. The van der Waals surface area contributed by atoms with E-state index in [9.17, 15) is 26.8 Å². The molecule has 2 N–H and O–H groups in total. The van der Waals surface area contributed by atoms with Crippen LogP contribution in [-0.2, 0) is 19.4 Å². The molecule has 6 nitrogen and oxygen atoms in total. The molecule has 0 atom stereocenters. The van der Waals surface area contributed by atoms with Gasteiger partial charge in [0, 0.05) is 30.8 Å². The molecule has 26 heavy (non-hydrogen) atoms. The monoisotopic (exact) mass is 382 g/mol. The molecule has 0 radical (unpaired) electrons. The average Bonchev–Trinajstić information content (AvgIpc) is 2.56. The molecule has 2 aromatic rings. The SMILES string of the molecule is CC(=O)Nc1ccc(S(=O)(=O)CCC(=O)Nc2ccc(F)c(F)c2)cc1. The van der Waals surface area contributed by atoms with Crippen LogP contribution < -0.4 is 10.6 Å². The number of hydrogen-bond acceptors (Lipinski definition) is 4. The first-order chi connectivity index (χ1) is 12.2. The largest absolute Gasteiger partial charge is 0.326 e. The maximum absolute atomic E-state index is 13.1. The predicted molar refractivity (Wildman–Crippen MR) is 92.4 cm³/mol. The van der Waals surface area contributed by atoms with Gasteiger partial charge in [0.2, 0.25) is 11.8 Å². The number of halogens is 2. The van der Waals surface area contributed by atoms with Gasteiger partial charge in [-0.05, 0) is 36.4 Å². The van der Waals surface area contributed by atoms with E-state index in [-0.39, 0.29) is 22.9 Å². The highest BCUT2D eigenvalue weighted by Gasteiger charge is 2.17. The van der Waals surface area contributed by atoms with Gasteiger partial charge in [-0.2, -0.15) is 0 Å². The number of carbonyl (C=O) groups excluding carboxylic acids is 2. The van der Waals surface area contributed by atoms with Crippen LogP contribution in [0.25, 0.3) is 0 Å². The summed E-state index contributed by atoms with van der Waals surface area (Å²) in [6.45, 7) is 1.33. The summed E-state index contributed by atoms with van der Waals surface area (Å²) in [4.78, 5) is 22.8. The van der Waals surface area contributed by atoms with Crippen LogP contribution in [0.15, 0.2) is 47.4 Å². The van der Waals surface area contributed by atoms with E-state index in [4.69, 9.17) is 0 Å². The van der Waals surface area contributed by atoms with E-state index in [1.54, 1.807) is 0 Å². The van der Waals surface area contributed by atoms with Crippen molar-refractivity contribution >= 4 is 33.0 Å². The van der Waals surface area contributed by atoms with Gasteiger partial charge in [0.05, 0.1) is 10.6 Å². The standard InChI is InChI=1S/C17H16F2N2O4S/c1-11(22)20-12-2-5-14(6-3-12)26(24,25)9-8-17(23)21-13-4-7-15(18)16(19)10-13/h2-7,10H,8-9H2,1H3,(H,20,22)(H,21,23). The van der Waals surface area contributed by atoms with E-state index < -0.39 is 33.1 Å². The lowest BCUT2D eigenvalue weighted by Crippen LogP contribution is -2.17. The van der Waals surface area contributed by atoms with Crippen LogP contribution in [0.4, 0.5) is 20.2 Å². The van der Waals surface area contributed by atoms with Crippen LogP contribution in [0.2, 0.25) is 0 Å². The van der Waals surface area contributed by atoms with Gasteiger partial charge in [-0.25, -0.2) is 17.2 Å². The summed E-state index contributed by atoms with van der Waals surface area (Å²) in [5.74, 6) is -3.55. The molecule has 0 unspecified atom stereocenters. The van der Waals surface area contributed by atoms with Gasteiger partial charge in [-0.15, -0.1) is 0 Å². The van der Waals surface area contributed by atoms with Crippen LogP contribution >= 0.6 is 0 Å². The molecule has 0 heterocycles. The summed E-state index contributed by atoms with van der Waals surface area (Å²) in [5.41, 5.74) is 0.485. The van der Waals surface area contributed by atoms with Gasteiger partial charge in [-0.1, -0.05) is 0 Å². The van der Waals surface area contributed by atoms with E-state index in [2.05, 4.69) is 10.6 Å². The van der Waals surface area contributed by atoms with Gasteiger partial charge in [0.1, 0.15) is 0 Å². The molecule has 0 aliphatic heterocycles. The fourth-order valence-electron chi connectivity index (χ4n) is 2.09. The maximum atomic E-state index is 13.1. The second-order valence-corrected chi connectivity index (χ2v) is 7.56. The smallest absolute Gasteiger partial charge is 0.225 e. The lowest BCUT2D eigenvalue weighted by atomic mass is 10.3. The van der Waals surface area contributed by atoms with Crippen molar-refractivity contribution in [1.29, 1.82) is 0 Å². The topological polar surface area (TPSA) is 92.3 Å². The van der Waals surface area contributed by atoms with Crippen molar-refractivity contribution in [2.45, 2.75) is 18.2 Å². The van der Waals surface area contributed by atoms with Gasteiger partial charge < -0.3 is 10.6 Å². The predicted octanol–water partition coefficient (Wildman–Crippen LogP) is 2.73. The van der Waals surface area contributed by atoms with Crippen molar-refractivity contribution in [3.05, 3.63) is 54.1 Å². The third-order valence-corrected chi connectivity index (χ3v) is 5.07. The zero-order valence-electron chi connectivity index (χ0n) is 13.8. The molecule has 2 aromatic carbocycles. The molecule has 0 saturated carbocycles. The fraction of sp³-hybridized carbons (Fsp3) is 0.176. The first-order valence-corrected chi connectivity index (χ1v) is 9.18. The van der Waals surface area contributed by atoms with Crippen molar-refractivity contribution in [2.24, 2.45) is 0 Å². The Kier molecular flexibility index (Phi) is 6.04. The molecular formula is C17H16F2N2O4S. The molecular weight excluding hydrogens is 366 g/mol. The molecule has 0 saturated heterocycles. The Hall–Kier alpha value is -2.81. The van der Waals surface area contributed by atoms with Crippen molar-refractivity contribution in [1.82, 2.24) is 0 Å². The third kappa shape index (κ3) is 5.35. The summed E-state index contributed by atoms with van der Waals surface area (Å²) < 4.78 is 50.4. The molecule has 0 fully saturated rings. The molecule has 0 spiro atoms. The van der Waals surface area contributed by atoms with Crippen molar-refractivity contribution in [3.8, 4) is 0 Å². The van der Waals surface area contributed by atoms with Crippen LogP contribution in [-0.4, -0.2) is 26.0 Å². The second-order valence-electron chi connectivity index (χ2n) is 5.45. The molecule has 2 rings (SSSR count). The summed E-state index contributed by atoms with van der Waals surface area (Å²) in [7, 11) is -3.72. The second kappa shape index (κ2) is 8.05. The van der Waals surface area contributed by atoms with Crippen LogP contribution in [0, 0.1) is 11.6 Å². The number of benzene rings is 2. The third-order valence-electron chi connectivity index (χ3n) is 3.34. The Bertz CT molecular complexity index is 928. The van der Waals surface area contributed by atoms with Crippen LogP contribution in [0.1, 0.15) is 13.3 Å².